The molecule has 1 spiro atoms. The molecule has 7 heteroatoms. The molecule has 0 bridgehead atoms. The van der Waals surface area contributed by atoms with Gasteiger partial charge in [0.15, 0.2) is 11.5 Å². The van der Waals surface area contributed by atoms with E-state index in [1.807, 2.05) is 41.3 Å². The fourth-order valence-electron chi connectivity index (χ4n) is 6.88. The molecule has 7 rings (SSSR count). The van der Waals surface area contributed by atoms with Crippen molar-refractivity contribution in [1.29, 1.82) is 0 Å². The highest BCUT2D eigenvalue weighted by Crippen LogP contribution is 2.63. The molecule has 3 aromatic carbocycles. The van der Waals surface area contributed by atoms with Gasteiger partial charge < -0.3 is 14.4 Å². The van der Waals surface area contributed by atoms with E-state index in [0.717, 1.165) is 23.2 Å². The van der Waals surface area contributed by atoms with Gasteiger partial charge in [-0.05, 0) is 43.5 Å². The molecule has 4 aliphatic rings. The van der Waals surface area contributed by atoms with E-state index in [9.17, 15) is 9.59 Å². The number of ether oxygens (including phenoxy) is 2. The van der Waals surface area contributed by atoms with Gasteiger partial charge in [-0.1, -0.05) is 55.5 Å². The molecule has 0 aromatic heterocycles. The monoisotopic (exact) mass is 512 g/mol. The predicted molar refractivity (Wildman–Crippen MR) is 145 cm³/mol. The molecule has 2 atom stereocenters. The number of carbonyl (C=O) groups excluding carboxylic acids is 2. The van der Waals surface area contributed by atoms with Crippen molar-refractivity contribution in [2.75, 3.05) is 28.8 Å². The molecule has 188 valence electrons. The van der Waals surface area contributed by atoms with Crippen LogP contribution in [0.3, 0.4) is 0 Å². The fraction of sp³-hybridized carbons (Fsp3) is 0.333. The number of fused-ring (bicyclic) bond motifs is 2. The predicted octanol–water partition coefficient (Wildman–Crippen LogP) is 5.23. The second-order valence-corrected chi connectivity index (χ2v) is 12.2. The minimum absolute atomic E-state index is 0.0548. The van der Waals surface area contributed by atoms with Crippen LogP contribution in [0.25, 0.3) is 0 Å². The summed E-state index contributed by atoms with van der Waals surface area (Å²) in [6, 6.07) is 22.3. The van der Waals surface area contributed by atoms with E-state index in [0.29, 0.717) is 30.4 Å². The van der Waals surface area contributed by atoms with Crippen molar-refractivity contribution in [1.82, 2.24) is 0 Å². The summed E-state index contributed by atoms with van der Waals surface area (Å²) in [4.78, 5) is 30.7. The van der Waals surface area contributed by atoms with E-state index in [1.54, 1.807) is 4.90 Å². The summed E-state index contributed by atoms with van der Waals surface area (Å²) in [6.45, 7) is 7.50. The number of hydrogen-bond acceptors (Lipinski definition) is 5. The summed E-state index contributed by atoms with van der Waals surface area (Å²) < 4.78 is 11.5. The molecule has 0 radical (unpaired) electrons. The van der Waals surface area contributed by atoms with Crippen LogP contribution in [-0.4, -0.2) is 36.3 Å². The van der Waals surface area contributed by atoms with Crippen molar-refractivity contribution >= 4 is 35.0 Å². The van der Waals surface area contributed by atoms with Crippen molar-refractivity contribution in [2.24, 2.45) is 0 Å². The topological polar surface area (TPSA) is 59.1 Å². The van der Waals surface area contributed by atoms with Crippen LogP contribution in [0.15, 0.2) is 66.7 Å². The minimum Gasteiger partial charge on any atom is -0.486 e. The molecule has 6 nitrogen and oxygen atoms in total. The number of anilines is 2. The van der Waals surface area contributed by atoms with Gasteiger partial charge >= 0.3 is 0 Å². The van der Waals surface area contributed by atoms with Crippen molar-refractivity contribution in [3.05, 3.63) is 83.4 Å². The third-order valence-electron chi connectivity index (χ3n) is 8.27. The average molecular weight is 513 g/mol. The van der Waals surface area contributed by atoms with Gasteiger partial charge in [-0.2, -0.15) is 0 Å². The number of benzene rings is 3. The quantitative estimate of drug-likeness (QED) is 0.471. The Morgan fingerprint density at radius 1 is 0.811 bits per heavy atom. The van der Waals surface area contributed by atoms with Gasteiger partial charge in [0.05, 0.1) is 11.4 Å². The maximum Gasteiger partial charge on any atom is 0.269 e. The van der Waals surface area contributed by atoms with E-state index in [2.05, 4.69) is 51.1 Å². The number of carbonyl (C=O) groups is 2. The zero-order valence-electron chi connectivity index (χ0n) is 21.1. The van der Waals surface area contributed by atoms with Gasteiger partial charge in [0.25, 0.3) is 5.91 Å². The Labute approximate surface area is 220 Å². The van der Waals surface area contributed by atoms with Crippen molar-refractivity contribution in [3.63, 3.8) is 0 Å². The summed E-state index contributed by atoms with van der Waals surface area (Å²) in [5.41, 5.74) is 4.09. The van der Waals surface area contributed by atoms with Gasteiger partial charge in [0.1, 0.15) is 13.2 Å². The third-order valence-corrected chi connectivity index (χ3v) is 9.65. The number of nitrogens with zero attached hydrogens (tertiary/aromatic N) is 2. The lowest BCUT2D eigenvalue weighted by Crippen LogP contribution is -2.58. The first-order chi connectivity index (χ1) is 17.8. The molecular formula is C30H28N2O4S. The molecular weight excluding hydrogens is 484 g/mol. The SMILES string of the molecule is CC1(c2ccccc2)CC(C)(C)N2C(=O)C3(SCC(=O)N3c3ccc4c(c3)OCCO4)c3cccc1c32. The van der Waals surface area contributed by atoms with Crippen LogP contribution in [0.2, 0.25) is 0 Å². The van der Waals surface area contributed by atoms with Crippen LogP contribution in [0.4, 0.5) is 11.4 Å². The highest BCUT2D eigenvalue weighted by molar-refractivity contribution is 8.02. The van der Waals surface area contributed by atoms with Gasteiger partial charge in [-0.15, -0.1) is 11.8 Å². The second-order valence-electron chi connectivity index (χ2n) is 11.0. The molecule has 0 aliphatic carbocycles. The Morgan fingerprint density at radius 3 is 2.32 bits per heavy atom. The number of rotatable bonds is 2. The van der Waals surface area contributed by atoms with Crippen LogP contribution in [0.5, 0.6) is 11.5 Å². The summed E-state index contributed by atoms with van der Waals surface area (Å²) in [7, 11) is 0. The molecule has 0 saturated carbocycles. The van der Waals surface area contributed by atoms with Crippen molar-refractivity contribution < 1.29 is 19.1 Å². The smallest absolute Gasteiger partial charge is 0.269 e. The molecule has 0 N–H and O–H groups in total. The molecule has 1 fully saturated rings. The molecule has 2 unspecified atom stereocenters. The Balaban J connectivity index is 1.46. The first-order valence-corrected chi connectivity index (χ1v) is 13.7. The molecule has 4 aliphatic heterocycles. The maximum absolute atomic E-state index is 14.6. The Kier molecular flexibility index (Phi) is 4.63. The van der Waals surface area contributed by atoms with Crippen LogP contribution in [0, 0.1) is 0 Å². The van der Waals surface area contributed by atoms with Crippen molar-refractivity contribution in [3.8, 4) is 11.5 Å². The molecule has 1 saturated heterocycles. The first-order valence-electron chi connectivity index (χ1n) is 12.7. The summed E-state index contributed by atoms with van der Waals surface area (Å²) in [6.07, 6.45) is 0.769. The first kappa shape index (κ1) is 22.7. The van der Waals surface area contributed by atoms with E-state index in [1.165, 1.54) is 17.3 Å². The summed E-state index contributed by atoms with van der Waals surface area (Å²) in [5.74, 6) is 1.34. The summed E-state index contributed by atoms with van der Waals surface area (Å²) in [5, 5.41) is 0. The molecule has 3 aromatic rings. The maximum atomic E-state index is 14.6. The number of amides is 2. The van der Waals surface area contributed by atoms with Gasteiger partial charge in [-0.3, -0.25) is 14.5 Å². The lowest BCUT2D eigenvalue weighted by molar-refractivity contribution is -0.124. The van der Waals surface area contributed by atoms with Crippen LogP contribution < -0.4 is 19.3 Å². The normalized spacial score (nSPS) is 27.1. The zero-order valence-corrected chi connectivity index (χ0v) is 21.9. The fourth-order valence-corrected chi connectivity index (χ4v) is 8.21. The van der Waals surface area contributed by atoms with Crippen LogP contribution >= 0.6 is 11.8 Å². The van der Waals surface area contributed by atoms with E-state index in [-0.39, 0.29) is 23.0 Å². The standard InChI is InChI=1S/C30H28N2O4S/c1-28(2)18-29(3,19-8-5-4-6-9-19)21-10-7-11-22-26(21)32(28)27(34)30(22)31(25(33)17-37-30)20-12-13-23-24(16-20)36-15-14-35-23/h4-13,16H,14-15,17-18H2,1-3H3. The zero-order chi connectivity index (χ0) is 25.6. The van der Waals surface area contributed by atoms with Crippen LogP contribution in [-0.2, 0) is 19.9 Å². The molecule has 37 heavy (non-hydrogen) atoms. The van der Waals surface area contributed by atoms with E-state index >= 15 is 0 Å². The molecule has 2 amide bonds. The minimum atomic E-state index is -1.16. The second kappa shape index (κ2) is 7.54. The highest BCUT2D eigenvalue weighted by atomic mass is 32.2. The lowest BCUT2D eigenvalue weighted by Gasteiger charge is -2.50. The lowest BCUT2D eigenvalue weighted by atomic mass is 9.65. The largest absolute Gasteiger partial charge is 0.486 e. The van der Waals surface area contributed by atoms with Crippen molar-refractivity contribution in [2.45, 2.75) is 43.0 Å². The molecule has 4 heterocycles. The van der Waals surface area contributed by atoms with E-state index < -0.39 is 10.4 Å². The van der Waals surface area contributed by atoms with Gasteiger partial charge in [0, 0.05) is 28.3 Å². The highest BCUT2D eigenvalue weighted by Gasteiger charge is 2.66. The number of hydrogen-bond donors (Lipinski definition) is 0. The Bertz CT molecular complexity index is 1470. The Morgan fingerprint density at radius 2 is 1.54 bits per heavy atom. The number of para-hydroxylation sites is 1. The van der Waals surface area contributed by atoms with Gasteiger partial charge in [0.2, 0.25) is 10.8 Å². The Hall–Kier alpha value is -3.45. The van der Waals surface area contributed by atoms with E-state index in [4.69, 9.17) is 9.47 Å². The van der Waals surface area contributed by atoms with Crippen LogP contribution in [0.1, 0.15) is 43.9 Å². The van der Waals surface area contributed by atoms with Gasteiger partial charge in [-0.25, -0.2) is 0 Å². The average Bonchev–Trinajstić information content (AvgIpc) is 3.38. The number of thioether (sulfide) groups is 1. The third kappa shape index (κ3) is 2.89. The summed E-state index contributed by atoms with van der Waals surface area (Å²) >= 11 is 1.42.